The van der Waals surface area contributed by atoms with Crippen LogP contribution in [-0.4, -0.2) is 48.6 Å². The molecule has 5 nitrogen and oxygen atoms in total. The second-order valence-electron chi connectivity index (χ2n) is 5.23. The van der Waals surface area contributed by atoms with E-state index in [1.165, 1.54) is 11.3 Å². The number of ether oxygens (including phenoxy) is 1. The molecule has 1 N–H and O–H groups in total. The fraction of sp³-hybridized carbons (Fsp3) is 0.571. The van der Waals surface area contributed by atoms with E-state index in [0.29, 0.717) is 6.61 Å². The minimum atomic E-state index is -0.0916. The number of thiophene rings is 1. The number of piperidine rings is 1. The van der Waals surface area contributed by atoms with Gasteiger partial charge in [0, 0.05) is 25.6 Å². The number of cyclic esters (lactones) is 1. The summed E-state index contributed by atoms with van der Waals surface area (Å²) in [5, 5.41) is 4.98. The van der Waals surface area contributed by atoms with E-state index in [1.807, 2.05) is 17.5 Å². The molecule has 20 heavy (non-hydrogen) atoms. The maximum absolute atomic E-state index is 12.0. The van der Waals surface area contributed by atoms with Crippen molar-refractivity contribution in [3.8, 4) is 0 Å². The zero-order chi connectivity index (χ0) is 13.9. The van der Waals surface area contributed by atoms with Crippen molar-refractivity contribution in [1.82, 2.24) is 10.2 Å². The molecular formula is C14H18N2O3S. The predicted molar refractivity (Wildman–Crippen MR) is 75.7 cm³/mol. The largest absolute Gasteiger partial charge is 0.464 e. The second-order valence-corrected chi connectivity index (χ2v) is 6.18. The summed E-state index contributed by atoms with van der Waals surface area (Å²) in [7, 11) is 0. The number of esters is 1. The van der Waals surface area contributed by atoms with Crippen molar-refractivity contribution in [3.05, 3.63) is 22.4 Å². The smallest absolute Gasteiger partial charge is 0.323 e. The molecule has 1 amide bonds. The normalized spacial score (nSPS) is 24.6. The van der Waals surface area contributed by atoms with Gasteiger partial charge in [0.15, 0.2) is 0 Å². The van der Waals surface area contributed by atoms with E-state index >= 15 is 0 Å². The molecule has 1 atom stereocenters. The van der Waals surface area contributed by atoms with Crippen LogP contribution in [0.3, 0.4) is 0 Å². The van der Waals surface area contributed by atoms with Crippen LogP contribution in [0, 0.1) is 0 Å². The third kappa shape index (κ3) is 2.86. The van der Waals surface area contributed by atoms with Crippen molar-refractivity contribution in [2.75, 3.05) is 19.7 Å². The monoisotopic (exact) mass is 294 g/mol. The van der Waals surface area contributed by atoms with Gasteiger partial charge in [-0.3, -0.25) is 14.5 Å². The van der Waals surface area contributed by atoms with Crippen LogP contribution < -0.4 is 5.32 Å². The van der Waals surface area contributed by atoms with Gasteiger partial charge in [-0.15, -0.1) is 11.3 Å². The lowest BCUT2D eigenvalue weighted by atomic mass is 10.0. The van der Waals surface area contributed by atoms with Gasteiger partial charge in [-0.25, -0.2) is 0 Å². The van der Waals surface area contributed by atoms with Crippen molar-refractivity contribution in [1.29, 1.82) is 0 Å². The van der Waals surface area contributed by atoms with Crippen LogP contribution in [0.1, 0.15) is 28.9 Å². The maximum Gasteiger partial charge on any atom is 0.323 e. The van der Waals surface area contributed by atoms with E-state index in [4.69, 9.17) is 4.74 Å². The van der Waals surface area contributed by atoms with Crippen LogP contribution in [0.2, 0.25) is 0 Å². The van der Waals surface area contributed by atoms with Crippen molar-refractivity contribution >= 4 is 23.2 Å². The summed E-state index contributed by atoms with van der Waals surface area (Å²) < 4.78 is 5.01. The standard InChI is InChI=1S/C14H18N2O3S/c17-13(12-2-1-9-20-12)15-10-3-6-16(7-4-10)11-5-8-19-14(11)18/h1-2,9-11H,3-8H2,(H,15,17). The fourth-order valence-electron chi connectivity index (χ4n) is 2.84. The van der Waals surface area contributed by atoms with Crippen LogP contribution in [0.25, 0.3) is 0 Å². The van der Waals surface area contributed by atoms with Gasteiger partial charge in [0.05, 0.1) is 11.5 Å². The number of rotatable bonds is 3. The lowest BCUT2D eigenvalue weighted by Gasteiger charge is -2.34. The molecule has 2 saturated heterocycles. The Morgan fingerprint density at radius 1 is 1.35 bits per heavy atom. The second kappa shape index (κ2) is 5.93. The van der Waals surface area contributed by atoms with Gasteiger partial charge in [-0.1, -0.05) is 6.07 Å². The maximum atomic E-state index is 12.0. The summed E-state index contributed by atoms with van der Waals surface area (Å²) >= 11 is 1.46. The molecule has 3 rings (SSSR count). The zero-order valence-corrected chi connectivity index (χ0v) is 12.0. The molecule has 0 saturated carbocycles. The molecule has 0 aliphatic carbocycles. The molecular weight excluding hydrogens is 276 g/mol. The van der Waals surface area contributed by atoms with E-state index in [1.54, 1.807) is 0 Å². The lowest BCUT2D eigenvalue weighted by Crippen LogP contribution is -2.49. The predicted octanol–water partition coefficient (Wildman–Crippen LogP) is 1.26. The molecule has 1 unspecified atom stereocenters. The number of carbonyl (C=O) groups excluding carboxylic acids is 2. The Morgan fingerprint density at radius 3 is 2.75 bits per heavy atom. The topological polar surface area (TPSA) is 58.6 Å². The number of nitrogens with zero attached hydrogens (tertiary/aromatic N) is 1. The first kappa shape index (κ1) is 13.6. The van der Waals surface area contributed by atoms with Gasteiger partial charge >= 0.3 is 5.97 Å². The SMILES string of the molecule is O=C(NC1CCN(C2CCOC2=O)CC1)c1cccs1. The molecule has 108 valence electrons. The first-order chi connectivity index (χ1) is 9.74. The molecule has 0 radical (unpaired) electrons. The summed E-state index contributed by atoms with van der Waals surface area (Å²) in [6, 6.07) is 3.86. The van der Waals surface area contributed by atoms with Crippen LogP contribution in [-0.2, 0) is 9.53 Å². The molecule has 2 fully saturated rings. The Kier molecular flexibility index (Phi) is 4.03. The molecule has 0 aromatic carbocycles. The molecule has 1 aromatic rings. The summed E-state index contributed by atoms with van der Waals surface area (Å²) in [4.78, 5) is 26.5. The van der Waals surface area contributed by atoms with Crippen LogP contribution in [0.5, 0.6) is 0 Å². The van der Waals surface area contributed by atoms with Gasteiger partial charge in [-0.2, -0.15) is 0 Å². The molecule has 2 aliphatic rings. The van der Waals surface area contributed by atoms with Gasteiger partial charge < -0.3 is 10.1 Å². The number of hydrogen-bond acceptors (Lipinski definition) is 5. The zero-order valence-electron chi connectivity index (χ0n) is 11.2. The first-order valence-corrected chi connectivity index (χ1v) is 7.87. The molecule has 0 spiro atoms. The Bertz CT molecular complexity index is 481. The number of amides is 1. The van der Waals surface area contributed by atoms with Gasteiger partial charge in [0.2, 0.25) is 0 Å². The fourth-order valence-corrected chi connectivity index (χ4v) is 3.46. The van der Waals surface area contributed by atoms with Gasteiger partial charge in [0.25, 0.3) is 5.91 Å². The summed E-state index contributed by atoms with van der Waals surface area (Å²) in [5.74, 6) is -0.0789. The molecule has 3 heterocycles. The number of nitrogens with one attached hydrogen (secondary N) is 1. The van der Waals surface area contributed by atoms with Crippen molar-refractivity contribution in [2.24, 2.45) is 0 Å². The van der Waals surface area contributed by atoms with Crippen molar-refractivity contribution < 1.29 is 14.3 Å². The Hall–Kier alpha value is -1.40. The number of hydrogen-bond donors (Lipinski definition) is 1. The van der Waals surface area contributed by atoms with Gasteiger partial charge in [-0.05, 0) is 24.3 Å². The average molecular weight is 294 g/mol. The van der Waals surface area contributed by atoms with Crippen LogP contribution in [0.4, 0.5) is 0 Å². The van der Waals surface area contributed by atoms with E-state index in [0.717, 1.165) is 37.2 Å². The van der Waals surface area contributed by atoms with E-state index in [9.17, 15) is 9.59 Å². The number of carbonyl (C=O) groups is 2. The number of likely N-dealkylation sites (tertiary alicyclic amines) is 1. The van der Waals surface area contributed by atoms with Crippen LogP contribution >= 0.6 is 11.3 Å². The highest BCUT2D eigenvalue weighted by atomic mass is 32.1. The summed E-state index contributed by atoms with van der Waals surface area (Å²) in [5.41, 5.74) is 0. The van der Waals surface area contributed by atoms with E-state index in [-0.39, 0.29) is 24.0 Å². The third-order valence-electron chi connectivity index (χ3n) is 3.96. The quantitative estimate of drug-likeness (QED) is 0.853. The highest BCUT2D eigenvalue weighted by molar-refractivity contribution is 7.12. The van der Waals surface area contributed by atoms with Crippen molar-refractivity contribution in [3.63, 3.8) is 0 Å². The molecule has 6 heteroatoms. The molecule has 0 bridgehead atoms. The third-order valence-corrected chi connectivity index (χ3v) is 4.83. The Labute approximate surface area is 121 Å². The van der Waals surface area contributed by atoms with Crippen molar-refractivity contribution in [2.45, 2.75) is 31.3 Å². The van der Waals surface area contributed by atoms with Crippen LogP contribution in [0.15, 0.2) is 17.5 Å². The van der Waals surface area contributed by atoms with E-state index < -0.39 is 0 Å². The van der Waals surface area contributed by atoms with E-state index in [2.05, 4.69) is 10.2 Å². The highest BCUT2D eigenvalue weighted by Gasteiger charge is 2.34. The minimum absolute atomic E-state index is 0.0127. The lowest BCUT2D eigenvalue weighted by molar-refractivity contribution is -0.142. The summed E-state index contributed by atoms with van der Waals surface area (Å²) in [6.45, 7) is 2.23. The molecule has 1 aromatic heterocycles. The highest BCUT2D eigenvalue weighted by Crippen LogP contribution is 2.20. The average Bonchev–Trinajstić information content (AvgIpc) is 3.11. The Balaban J connectivity index is 1.49. The Morgan fingerprint density at radius 2 is 2.15 bits per heavy atom. The summed E-state index contributed by atoms with van der Waals surface area (Å²) in [6.07, 6.45) is 2.58. The molecule has 2 aliphatic heterocycles. The first-order valence-electron chi connectivity index (χ1n) is 6.99. The van der Waals surface area contributed by atoms with Gasteiger partial charge in [0.1, 0.15) is 6.04 Å². The minimum Gasteiger partial charge on any atom is -0.464 e.